The van der Waals surface area contributed by atoms with Crippen LogP contribution in [0.15, 0.2) is 60.9 Å². The summed E-state index contributed by atoms with van der Waals surface area (Å²) in [6.07, 6.45) is 4.96. The highest BCUT2D eigenvalue weighted by Gasteiger charge is 2.35. The quantitative estimate of drug-likeness (QED) is 0.592. The van der Waals surface area contributed by atoms with Crippen LogP contribution in [-0.4, -0.2) is 52.9 Å². The van der Waals surface area contributed by atoms with Crippen LogP contribution in [0.3, 0.4) is 0 Å². The summed E-state index contributed by atoms with van der Waals surface area (Å²) < 4.78 is 19.8. The van der Waals surface area contributed by atoms with E-state index in [4.69, 9.17) is 4.74 Å². The van der Waals surface area contributed by atoms with E-state index >= 15 is 0 Å². The molecule has 8 heteroatoms. The van der Waals surface area contributed by atoms with Crippen LogP contribution in [0.1, 0.15) is 31.8 Å². The minimum atomic E-state index is -0.593. The zero-order valence-electron chi connectivity index (χ0n) is 17.2. The molecule has 7 nitrogen and oxygen atoms in total. The normalized spacial score (nSPS) is 16.5. The molecule has 0 N–H and O–H groups in total. The fourth-order valence-electron chi connectivity index (χ4n) is 3.81. The average molecular weight is 430 g/mol. The Bertz CT molecular complexity index is 1240. The van der Waals surface area contributed by atoms with Gasteiger partial charge in [-0.25, -0.2) is 19.2 Å². The summed E-state index contributed by atoms with van der Waals surface area (Å²) in [5.41, 5.74) is 1.71. The van der Waals surface area contributed by atoms with Crippen molar-refractivity contribution in [2.24, 2.45) is 0 Å². The lowest BCUT2D eigenvalue weighted by Gasteiger charge is -2.43. The standard InChI is InChI=1S/C24H19FN4O3/c1-28(24-26-9-4-10-27-24)16-13-29(14-16)22(30)19-11-15(7-8-20(19)25)12-21-17-5-2-3-6-18(17)23(31)32-21/h2-12,16H,13-14H2,1H3/b21-12-. The van der Waals surface area contributed by atoms with Crippen molar-refractivity contribution < 1.29 is 18.7 Å². The van der Waals surface area contributed by atoms with Crippen LogP contribution in [0.25, 0.3) is 11.8 Å². The number of rotatable bonds is 4. The van der Waals surface area contributed by atoms with Gasteiger partial charge in [0.25, 0.3) is 5.91 Å². The van der Waals surface area contributed by atoms with Gasteiger partial charge in [-0.1, -0.05) is 24.3 Å². The Morgan fingerprint density at radius 1 is 1.12 bits per heavy atom. The highest BCUT2D eigenvalue weighted by Crippen LogP contribution is 2.31. The van der Waals surface area contributed by atoms with Gasteiger partial charge in [-0.05, 0) is 35.9 Å². The Balaban J connectivity index is 1.33. The number of cyclic esters (lactones) is 1. The second kappa shape index (κ2) is 7.88. The first-order valence-corrected chi connectivity index (χ1v) is 10.1. The van der Waals surface area contributed by atoms with Crippen LogP contribution >= 0.6 is 0 Å². The number of hydrogen-bond acceptors (Lipinski definition) is 6. The summed E-state index contributed by atoms with van der Waals surface area (Å²) in [5.74, 6) is -0.447. The first kappa shape index (κ1) is 19.9. The highest BCUT2D eigenvalue weighted by molar-refractivity contribution is 6.06. The predicted octanol–water partition coefficient (Wildman–Crippen LogP) is 3.25. The summed E-state index contributed by atoms with van der Waals surface area (Å²) in [7, 11) is 1.87. The second-order valence-electron chi connectivity index (χ2n) is 7.71. The van der Waals surface area contributed by atoms with Crippen LogP contribution < -0.4 is 4.90 Å². The molecule has 1 saturated heterocycles. The number of ether oxygens (including phenoxy) is 1. The molecule has 1 amide bonds. The van der Waals surface area contributed by atoms with Crippen molar-refractivity contribution in [1.82, 2.24) is 14.9 Å². The molecule has 2 aliphatic rings. The van der Waals surface area contributed by atoms with Crippen molar-refractivity contribution in [2.75, 3.05) is 25.0 Å². The molecule has 0 radical (unpaired) electrons. The minimum Gasteiger partial charge on any atom is -0.422 e. The van der Waals surface area contributed by atoms with Gasteiger partial charge in [-0.15, -0.1) is 0 Å². The van der Waals surface area contributed by atoms with Gasteiger partial charge >= 0.3 is 5.97 Å². The van der Waals surface area contributed by atoms with Crippen molar-refractivity contribution >= 4 is 29.7 Å². The Morgan fingerprint density at radius 3 is 2.59 bits per heavy atom. The van der Waals surface area contributed by atoms with E-state index < -0.39 is 11.8 Å². The number of fused-ring (bicyclic) bond motifs is 1. The van der Waals surface area contributed by atoms with Crippen molar-refractivity contribution in [1.29, 1.82) is 0 Å². The summed E-state index contributed by atoms with van der Waals surface area (Å²) in [5, 5.41) is 0. The van der Waals surface area contributed by atoms with Gasteiger partial charge in [0.05, 0.1) is 17.2 Å². The summed E-state index contributed by atoms with van der Waals surface area (Å²) >= 11 is 0. The van der Waals surface area contributed by atoms with Gasteiger partial charge in [0.2, 0.25) is 5.95 Å². The van der Waals surface area contributed by atoms with E-state index in [2.05, 4.69) is 9.97 Å². The third-order valence-corrected chi connectivity index (χ3v) is 5.70. The number of hydrogen-bond donors (Lipinski definition) is 0. The lowest BCUT2D eigenvalue weighted by atomic mass is 10.0. The fraction of sp³-hybridized carbons (Fsp3) is 0.167. The minimum absolute atomic E-state index is 0.0194. The van der Waals surface area contributed by atoms with E-state index in [1.807, 2.05) is 18.0 Å². The van der Waals surface area contributed by atoms with Crippen LogP contribution in [0.2, 0.25) is 0 Å². The number of aromatic nitrogens is 2. The SMILES string of the molecule is CN(c1ncccn1)C1CN(C(=O)c2cc(/C=C3\OC(=O)c4ccccc43)ccc2F)C1. The van der Waals surface area contributed by atoms with Gasteiger partial charge in [0, 0.05) is 38.1 Å². The Kier molecular flexibility index (Phi) is 4.89. The number of benzene rings is 2. The second-order valence-corrected chi connectivity index (χ2v) is 7.71. The molecule has 0 spiro atoms. The Labute approximate surface area is 183 Å². The molecule has 160 valence electrons. The van der Waals surface area contributed by atoms with Gasteiger partial charge in [-0.2, -0.15) is 0 Å². The van der Waals surface area contributed by atoms with Crippen LogP contribution in [0.4, 0.5) is 10.3 Å². The van der Waals surface area contributed by atoms with Gasteiger partial charge in [0.15, 0.2) is 0 Å². The Morgan fingerprint density at radius 2 is 1.84 bits per heavy atom. The van der Waals surface area contributed by atoms with Crippen molar-refractivity contribution in [3.05, 3.63) is 89.0 Å². The van der Waals surface area contributed by atoms with Crippen LogP contribution in [0, 0.1) is 5.82 Å². The number of nitrogens with zero attached hydrogens (tertiary/aromatic N) is 4. The molecule has 0 saturated carbocycles. The Hall–Kier alpha value is -4.07. The fourth-order valence-corrected chi connectivity index (χ4v) is 3.81. The van der Waals surface area contributed by atoms with Gasteiger partial charge < -0.3 is 14.5 Å². The summed E-state index contributed by atoms with van der Waals surface area (Å²) in [6.45, 7) is 0.896. The third kappa shape index (κ3) is 3.49. The number of carbonyl (C=O) groups is 2. The maximum absolute atomic E-state index is 14.5. The van der Waals surface area contributed by atoms with Crippen molar-refractivity contribution in [3.8, 4) is 0 Å². The third-order valence-electron chi connectivity index (χ3n) is 5.70. The number of carbonyl (C=O) groups excluding carboxylic acids is 2. The van der Waals surface area contributed by atoms with E-state index in [0.29, 0.717) is 41.5 Å². The summed E-state index contributed by atoms with van der Waals surface area (Å²) in [4.78, 5) is 36.9. The van der Waals surface area contributed by atoms with E-state index in [1.54, 1.807) is 53.7 Å². The molecule has 2 aromatic carbocycles. The number of anilines is 1. The lowest BCUT2D eigenvalue weighted by Crippen LogP contribution is -2.60. The van der Waals surface area contributed by atoms with E-state index in [0.717, 1.165) is 0 Å². The number of amides is 1. The number of halogens is 1. The molecule has 2 aliphatic heterocycles. The molecule has 3 aromatic rings. The lowest BCUT2D eigenvalue weighted by molar-refractivity contribution is 0.0597. The molecular weight excluding hydrogens is 411 g/mol. The molecule has 1 fully saturated rings. The molecule has 0 bridgehead atoms. The van der Waals surface area contributed by atoms with Gasteiger partial charge in [-0.3, -0.25) is 4.79 Å². The highest BCUT2D eigenvalue weighted by atomic mass is 19.1. The van der Waals surface area contributed by atoms with Gasteiger partial charge in [0.1, 0.15) is 11.6 Å². The van der Waals surface area contributed by atoms with Crippen molar-refractivity contribution in [3.63, 3.8) is 0 Å². The first-order valence-electron chi connectivity index (χ1n) is 10.1. The molecule has 0 atom stereocenters. The first-order chi connectivity index (χ1) is 15.5. The molecule has 0 unspecified atom stereocenters. The topological polar surface area (TPSA) is 75.6 Å². The summed E-state index contributed by atoms with van der Waals surface area (Å²) in [6, 6.07) is 13.1. The number of likely N-dealkylation sites (tertiary alicyclic amines) is 1. The molecule has 3 heterocycles. The maximum Gasteiger partial charge on any atom is 0.344 e. The molecule has 1 aromatic heterocycles. The molecule has 0 aliphatic carbocycles. The zero-order valence-corrected chi connectivity index (χ0v) is 17.2. The molecule has 5 rings (SSSR count). The van der Waals surface area contributed by atoms with E-state index in [-0.39, 0.29) is 17.5 Å². The van der Waals surface area contributed by atoms with Crippen LogP contribution in [-0.2, 0) is 4.74 Å². The molecular formula is C24H19FN4O3. The van der Waals surface area contributed by atoms with Crippen LogP contribution in [0.5, 0.6) is 0 Å². The number of likely N-dealkylation sites (N-methyl/N-ethyl adjacent to an activating group) is 1. The van der Waals surface area contributed by atoms with Crippen molar-refractivity contribution in [2.45, 2.75) is 6.04 Å². The smallest absolute Gasteiger partial charge is 0.344 e. The average Bonchev–Trinajstić information content (AvgIpc) is 3.10. The number of esters is 1. The zero-order chi connectivity index (χ0) is 22.2. The predicted molar refractivity (Wildman–Crippen MR) is 116 cm³/mol. The monoisotopic (exact) mass is 430 g/mol. The van der Waals surface area contributed by atoms with E-state index in [9.17, 15) is 14.0 Å². The largest absolute Gasteiger partial charge is 0.422 e. The van der Waals surface area contributed by atoms with E-state index in [1.165, 1.54) is 12.1 Å². The molecule has 32 heavy (non-hydrogen) atoms. The maximum atomic E-state index is 14.5.